The van der Waals surface area contributed by atoms with Gasteiger partial charge in [-0.25, -0.2) is 14.6 Å². The van der Waals surface area contributed by atoms with Crippen LogP contribution in [0.25, 0.3) is 17.2 Å². The molecule has 2 heterocycles. The van der Waals surface area contributed by atoms with Crippen molar-refractivity contribution >= 4 is 5.82 Å². The molecule has 21 heavy (non-hydrogen) atoms. The van der Waals surface area contributed by atoms with Crippen molar-refractivity contribution in [1.82, 2.24) is 19.7 Å². The Morgan fingerprint density at radius 1 is 1.00 bits per heavy atom. The third-order valence-corrected chi connectivity index (χ3v) is 3.31. The fourth-order valence-electron chi connectivity index (χ4n) is 2.36. The molecule has 2 N–H and O–H groups in total. The summed E-state index contributed by atoms with van der Waals surface area (Å²) in [5.74, 6) is 1.47. The van der Waals surface area contributed by atoms with Crippen LogP contribution in [0.3, 0.4) is 0 Å². The summed E-state index contributed by atoms with van der Waals surface area (Å²) in [5.41, 5.74) is 8.97. The normalized spacial score (nSPS) is 11.0. The summed E-state index contributed by atoms with van der Waals surface area (Å²) in [6, 6.07) is 11.6. The molecule has 0 aliphatic rings. The molecule has 0 fully saturated rings. The zero-order chi connectivity index (χ0) is 14.8. The third kappa shape index (κ3) is 2.38. The first-order chi connectivity index (χ1) is 10.2. The molecule has 0 spiro atoms. The van der Waals surface area contributed by atoms with Gasteiger partial charge in [-0.3, -0.25) is 0 Å². The molecule has 3 aromatic rings. The zero-order valence-corrected chi connectivity index (χ0v) is 12.1. The second-order valence-corrected chi connectivity index (χ2v) is 5.12. The van der Waals surface area contributed by atoms with E-state index in [-0.39, 0.29) is 5.92 Å². The molecule has 106 valence electrons. The average molecular weight is 279 g/mol. The van der Waals surface area contributed by atoms with Crippen LogP contribution in [0.4, 0.5) is 5.82 Å². The number of anilines is 1. The Bertz CT molecular complexity index is 732. The first kappa shape index (κ1) is 13.3. The second kappa shape index (κ2) is 5.36. The molecular weight excluding hydrogens is 262 g/mol. The second-order valence-electron chi connectivity index (χ2n) is 5.12. The van der Waals surface area contributed by atoms with Crippen molar-refractivity contribution in [2.45, 2.75) is 19.8 Å². The summed E-state index contributed by atoms with van der Waals surface area (Å²) in [4.78, 5) is 8.60. The van der Waals surface area contributed by atoms with Gasteiger partial charge in [0.05, 0.1) is 5.69 Å². The van der Waals surface area contributed by atoms with Gasteiger partial charge in [-0.15, -0.1) is 0 Å². The number of nitrogens with two attached hydrogens (primary N) is 1. The highest BCUT2D eigenvalue weighted by Gasteiger charge is 2.21. The van der Waals surface area contributed by atoms with Crippen LogP contribution in [0.2, 0.25) is 0 Å². The van der Waals surface area contributed by atoms with Crippen molar-refractivity contribution in [2.24, 2.45) is 0 Å². The van der Waals surface area contributed by atoms with Crippen LogP contribution in [0.15, 0.2) is 48.8 Å². The lowest BCUT2D eigenvalue weighted by atomic mass is 10.0. The van der Waals surface area contributed by atoms with Gasteiger partial charge in [0.25, 0.3) is 0 Å². The molecule has 1 aromatic carbocycles. The molecule has 0 aliphatic carbocycles. The topological polar surface area (TPSA) is 69.6 Å². The Balaban J connectivity index is 2.22. The van der Waals surface area contributed by atoms with Gasteiger partial charge in [-0.05, 0) is 24.1 Å². The minimum atomic E-state index is 0.237. The maximum atomic E-state index is 6.32. The van der Waals surface area contributed by atoms with E-state index in [9.17, 15) is 0 Å². The van der Waals surface area contributed by atoms with E-state index in [4.69, 9.17) is 5.73 Å². The van der Waals surface area contributed by atoms with E-state index in [2.05, 4.69) is 28.9 Å². The van der Waals surface area contributed by atoms with Crippen LogP contribution in [-0.4, -0.2) is 19.7 Å². The Morgan fingerprint density at radius 2 is 1.67 bits per heavy atom. The number of hydrogen-bond donors (Lipinski definition) is 1. The van der Waals surface area contributed by atoms with E-state index in [1.54, 1.807) is 23.1 Å². The van der Waals surface area contributed by atoms with E-state index in [0.29, 0.717) is 11.6 Å². The number of rotatable bonds is 3. The maximum Gasteiger partial charge on any atom is 0.180 e. The van der Waals surface area contributed by atoms with Crippen molar-refractivity contribution in [2.75, 3.05) is 5.73 Å². The van der Waals surface area contributed by atoms with E-state index in [1.807, 2.05) is 30.3 Å². The summed E-state index contributed by atoms with van der Waals surface area (Å²) in [6.07, 6.45) is 3.42. The fraction of sp³-hybridized carbons (Fsp3) is 0.188. The van der Waals surface area contributed by atoms with Crippen molar-refractivity contribution in [3.05, 3.63) is 54.4 Å². The molecule has 2 aromatic heterocycles. The number of nitrogens with zero attached hydrogens (tertiary/aromatic N) is 4. The lowest BCUT2D eigenvalue weighted by Crippen LogP contribution is -2.03. The van der Waals surface area contributed by atoms with Gasteiger partial charge in [0.1, 0.15) is 11.5 Å². The molecule has 0 atom stereocenters. The number of hydrogen-bond acceptors (Lipinski definition) is 4. The van der Waals surface area contributed by atoms with E-state index in [1.165, 1.54) is 0 Å². The van der Waals surface area contributed by atoms with Crippen molar-refractivity contribution in [3.63, 3.8) is 0 Å². The van der Waals surface area contributed by atoms with Crippen molar-refractivity contribution in [3.8, 4) is 17.2 Å². The van der Waals surface area contributed by atoms with E-state index >= 15 is 0 Å². The summed E-state index contributed by atoms with van der Waals surface area (Å²) >= 11 is 0. The molecule has 0 saturated heterocycles. The summed E-state index contributed by atoms with van der Waals surface area (Å²) in [7, 11) is 0. The predicted molar refractivity (Wildman–Crippen MR) is 83.1 cm³/mol. The first-order valence-electron chi connectivity index (χ1n) is 6.89. The highest BCUT2D eigenvalue weighted by molar-refractivity contribution is 5.65. The van der Waals surface area contributed by atoms with Gasteiger partial charge in [0.15, 0.2) is 5.82 Å². The molecule has 0 amide bonds. The molecule has 0 bridgehead atoms. The number of para-hydroxylation sites is 1. The third-order valence-electron chi connectivity index (χ3n) is 3.31. The van der Waals surface area contributed by atoms with Gasteiger partial charge >= 0.3 is 0 Å². The Kier molecular flexibility index (Phi) is 3.39. The molecular formula is C16H17N5. The monoisotopic (exact) mass is 279 g/mol. The molecule has 0 unspecified atom stereocenters. The molecule has 5 heteroatoms. The Hall–Kier alpha value is -2.69. The average Bonchev–Trinajstić information content (AvgIpc) is 2.87. The summed E-state index contributed by atoms with van der Waals surface area (Å²) in [6.45, 7) is 4.18. The first-order valence-corrected chi connectivity index (χ1v) is 6.89. The van der Waals surface area contributed by atoms with E-state index in [0.717, 1.165) is 16.9 Å². The van der Waals surface area contributed by atoms with Crippen LogP contribution in [0.1, 0.15) is 25.3 Å². The summed E-state index contributed by atoms with van der Waals surface area (Å²) < 4.78 is 1.75. The quantitative estimate of drug-likeness (QED) is 0.800. The minimum absolute atomic E-state index is 0.237. The Morgan fingerprint density at radius 3 is 2.29 bits per heavy atom. The van der Waals surface area contributed by atoms with Crippen LogP contribution >= 0.6 is 0 Å². The fourth-order valence-corrected chi connectivity index (χ4v) is 2.36. The van der Waals surface area contributed by atoms with Gasteiger partial charge in [0, 0.05) is 18.0 Å². The van der Waals surface area contributed by atoms with Crippen molar-refractivity contribution < 1.29 is 0 Å². The number of aromatic nitrogens is 4. The standard InChI is InChI=1S/C16H17N5/c1-11(2)13-14(16-18-9-6-10-19-16)20-21(15(13)17)12-7-4-3-5-8-12/h3-11H,17H2,1-2H3. The SMILES string of the molecule is CC(C)c1c(-c2ncccn2)nn(-c2ccccc2)c1N. The highest BCUT2D eigenvalue weighted by Crippen LogP contribution is 2.32. The van der Waals surface area contributed by atoms with Crippen molar-refractivity contribution in [1.29, 1.82) is 0 Å². The number of nitrogen functional groups attached to an aromatic ring is 1. The van der Waals surface area contributed by atoms with Gasteiger partial charge < -0.3 is 5.73 Å². The van der Waals surface area contributed by atoms with Gasteiger partial charge in [-0.1, -0.05) is 32.0 Å². The van der Waals surface area contributed by atoms with Crippen LogP contribution in [0.5, 0.6) is 0 Å². The molecule has 0 radical (unpaired) electrons. The molecule has 0 saturated carbocycles. The molecule has 5 nitrogen and oxygen atoms in total. The minimum Gasteiger partial charge on any atom is -0.383 e. The zero-order valence-electron chi connectivity index (χ0n) is 12.1. The van der Waals surface area contributed by atoms with Gasteiger partial charge in [0.2, 0.25) is 0 Å². The number of benzene rings is 1. The lowest BCUT2D eigenvalue weighted by molar-refractivity contribution is 0.867. The van der Waals surface area contributed by atoms with Crippen LogP contribution in [0, 0.1) is 0 Å². The van der Waals surface area contributed by atoms with Gasteiger partial charge in [-0.2, -0.15) is 5.10 Å². The van der Waals surface area contributed by atoms with E-state index < -0.39 is 0 Å². The largest absolute Gasteiger partial charge is 0.383 e. The van der Waals surface area contributed by atoms with Crippen LogP contribution < -0.4 is 5.73 Å². The maximum absolute atomic E-state index is 6.32. The lowest BCUT2D eigenvalue weighted by Gasteiger charge is -2.07. The smallest absolute Gasteiger partial charge is 0.180 e. The van der Waals surface area contributed by atoms with Crippen LogP contribution in [-0.2, 0) is 0 Å². The summed E-state index contributed by atoms with van der Waals surface area (Å²) in [5, 5.41) is 4.64. The predicted octanol–water partition coefficient (Wildman–Crippen LogP) is 3.03. The Labute approximate surface area is 123 Å². The molecule has 3 rings (SSSR count). The molecule has 0 aliphatic heterocycles. The highest BCUT2D eigenvalue weighted by atomic mass is 15.3.